The maximum absolute atomic E-state index is 11.9. The highest BCUT2D eigenvalue weighted by atomic mass is 79.9. The van der Waals surface area contributed by atoms with Gasteiger partial charge in [0.05, 0.1) is 28.4 Å². The number of carbonyl (C=O) groups is 1. The van der Waals surface area contributed by atoms with Crippen LogP contribution in [0.4, 0.5) is 0 Å². The van der Waals surface area contributed by atoms with Crippen LogP contribution in [0.1, 0.15) is 12.1 Å². The predicted molar refractivity (Wildman–Crippen MR) is 110 cm³/mol. The van der Waals surface area contributed by atoms with Crippen LogP contribution in [0.2, 0.25) is 0 Å². The van der Waals surface area contributed by atoms with Crippen LogP contribution in [0.25, 0.3) is 16.9 Å². The first-order chi connectivity index (χ1) is 13.3. The van der Waals surface area contributed by atoms with Gasteiger partial charge in [-0.25, -0.2) is 13.1 Å². The van der Waals surface area contributed by atoms with Crippen molar-refractivity contribution < 1.29 is 18.3 Å². The second-order valence-electron chi connectivity index (χ2n) is 6.39. The van der Waals surface area contributed by atoms with Crippen molar-refractivity contribution in [3.05, 3.63) is 64.8 Å². The van der Waals surface area contributed by atoms with Crippen molar-refractivity contribution in [3.8, 4) is 16.9 Å². The Labute approximate surface area is 171 Å². The average molecular weight is 463 g/mol. The molecule has 146 valence electrons. The first-order valence-corrected chi connectivity index (χ1v) is 11.2. The van der Waals surface area contributed by atoms with E-state index in [0.717, 1.165) is 21.4 Å². The molecular formula is C20H19BrN2O4S. The molecule has 0 aliphatic rings. The molecule has 0 atom stereocenters. The molecule has 0 amide bonds. The number of hydrogen-bond donors (Lipinski definition) is 1. The molecule has 1 N–H and O–H groups in total. The number of hydrogen-bond acceptors (Lipinski definition) is 5. The largest absolute Gasteiger partial charge is 0.396 e. The smallest absolute Gasteiger partial charge is 0.175 e. The normalized spacial score (nSPS) is 11.5. The van der Waals surface area contributed by atoms with E-state index in [1.165, 1.54) is 6.26 Å². The van der Waals surface area contributed by atoms with Crippen LogP contribution in [0.15, 0.2) is 64.0 Å². The highest BCUT2D eigenvalue weighted by molar-refractivity contribution is 9.10. The minimum atomic E-state index is -3.28. The molecule has 0 saturated heterocycles. The highest BCUT2D eigenvalue weighted by Crippen LogP contribution is 2.26. The number of halogens is 1. The highest BCUT2D eigenvalue weighted by Gasteiger charge is 2.15. The zero-order valence-corrected chi connectivity index (χ0v) is 17.6. The number of benzene rings is 2. The Hall–Kier alpha value is -2.29. The summed E-state index contributed by atoms with van der Waals surface area (Å²) in [5.74, 6) is -0.0954. The van der Waals surface area contributed by atoms with Crippen LogP contribution in [0.3, 0.4) is 0 Å². The molecule has 6 nitrogen and oxygen atoms in total. The Morgan fingerprint density at radius 2 is 1.75 bits per heavy atom. The van der Waals surface area contributed by atoms with Gasteiger partial charge in [0.1, 0.15) is 5.78 Å². The Balaban J connectivity index is 2.06. The second kappa shape index (κ2) is 8.38. The van der Waals surface area contributed by atoms with Gasteiger partial charge >= 0.3 is 0 Å². The van der Waals surface area contributed by atoms with Gasteiger partial charge in [-0.3, -0.25) is 4.79 Å². The third-order valence-electron chi connectivity index (χ3n) is 4.18. The van der Waals surface area contributed by atoms with E-state index in [4.69, 9.17) is 5.11 Å². The van der Waals surface area contributed by atoms with E-state index in [1.807, 2.05) is 30.3 Å². The van der Waals surface area contributed by atoms with Gasteiger partial charge in [-0.1, -0.05) is 28.1 Å². The lowest BCUT2D eigenvalue weighted by molar-refractivity contribution is -0.119. The van der Waals surface area contributed by atoms with Gasteiger partial charge in [-0.2, -0.15) is 5.10 Å². The van der Waals surface area contributed by atoms with E-state index in [1.54, 1.807) is 28.9 Å². The van der Waals surface area contributed by atoms with E-state index in [2.05, 4.69) is 21.0 Å². The van der Waals surface area contributed by atoms with Crippen LogP contribution in [-0.2, 0) is 21.1 Å². The van der Waals surface area contributed by atoms with Crippen LogP contribution in [0, 0.1) is 0 Å². The van der Waals surface area contributed by atoms with Gasteiger partial charge in [0.2, 0.25) is 0 Å². The SMILES string of the molecule is CS(=O)(=O)c1ccc(-c2cc(CC(=O)CCO)nn2-c2ccc(Br)cc2)cc1. The first-order valence-electron chi connectivity index (χ1n) is 8.56. The van der Waals surface area contributed by atoms with Gasteiger partial charge in [0, 0.05) is 29.3 Å². The molecule has 0 spiro atoms. The minimum absolute atomic E-state index is 0.0868. The van der Waals surface area contributed by atoms with Crippen molar-refractivity contribution in [2.24, 2.45) is 0 Å². The summed E-state index contributed by atoms with van der Waals surface area (Å²) in [5.41, 5.74) is 2.92. The van der Waals surface area contributed by atoms with E-state index >= 15 is 0 Å². The molecule has 0 fully saturated rings. The summed E-state index contributed by atoms with van der Waals surface area (Å²) in [6.45, 7) is -0.188. The average Bonchev–Trinajstić information content (AvgIpc) is 3.05. The van der Waals surface area contributed by atoms with Gasteiger partial charge in [0.25, 0.3) is 0 Å². The van der Waals surface area contributed by atoms with E-state index < -0.39 is 9.84 Å². The molecule has 1 heterocycles. The fourth-order valence-corrected chi connectivity index (χ4v) is 3.68. The molecule has 0 aliphatic carbocycles. The number of sulfone groups is 1. The van der Waals surface area contributed by atoms with Crippen molar-refractivity contribution in [1.29, 1.82) is 0 Å². The van der Waals surface area contributed by atoms with E-state index in [9.17, 15) is 13.2 Å². The first kappa shape index (κ1) is 20.4. The topological polar surface area (TPSA) is 89.3 Å². The fourth-order valence-electron chi connectivity index (χ4n) is 2.79. The second-order valence-corrected chi connectivity index (χ2v) is 9.33. The standard InChI is InChI=1S/C20H19BrN2O4S/c1-28(26,27)19-8-2-14(3-9-19)20-13-16(12-18(25)10-11-24)22-23(20)17-6-4-15(21)5-7-17/h2-9,13,24H,10-12H2,1H3. The van der Waals surface area contributed by atoms with Crippen LogP contribution in [0.5, 0.6) is 0 Å². The van der Waals surface area contributed by atoms with Gasteiger partial charge in [-0.15, -0.1) is 0 Å². The molecule has 1 aromatic heterocycles. The summed E-state index contributed by atoms with van der Waals surface area (Å²) in [4.78, 5) is 12.2. The summed E-state index contributed by atoms with van der Waals surface area (Å²) in [5, 5.41) is 13.5. The lowest BCUT2D eigenvalue weighted by Gasteiger charge is -2.08. The summed E-state index contributed by atoms with van der Waals surface area (Å²) >= 11 is 3.41. The summed E-state index contributed by atoms with van der Waals surface area (Å²) < 4.78 is 26.1. The van der Waals surface area contributed by atoms with E-state index in [-0.39, 0.29) is 30.1 Å². The third-order valence-corrected chi connectivity index (χ3v) is 5.84. The minimum Gasteiger partial charge on any atom is -0.396 e. The van der Waals surface area contributed by atoms with Crippen LogP contribution in [-0.4, -0.2) is 42.0 Å². The van der Waals surface area contributed by atoms with Crippen molar-refractivity contribution in [2.45, 2.75) is 17.7 Å². The van der Waals surface area contributed by atoms with Crippen molar-refractivity contribution in [3.63, 3.8) is 0 Å². The quantitative estimate of drug-likeness (QED) is 0.582. The summed E-state index contributed by atoms with van der Waals surface area (Å²) in [7, 11) is -3.28. The fraction of sp³-hybridized carbons (Fsp3) is 0.200. The Bertz CT molecular complexity index is 1090. The third kappa shape index (κ3) is 4.76. The van der Waals surface area contributed by atoms with E-state index in [0.29, 0.717) is 5.69 Å². The number of aromatic nitrogens is 2. The molecule has 3 rings (SSSR count). The van der Waals surface area contributed by atoms with Crippen LogP contribution >= 0.6 is 15.9 Å². The molecular weight excluding hydrogens is 444 g/mol. The molecule has 0 radical (unpaired) electrons. The Morgan fingerprint density at radius 3 is 2.32 bits per heavy atom. The number of Topliss-reactive ketones (excluding diaryl/α,β-unsaturated/α-hetero) is 1. The molecule has 3 aromatic rings. The lowest BCUT2D eigenvalue weighted by Crippen LogP contribution is -2.06. The van der Waals surface area contributed by atoms with Crippen LogP contribution < -0.4 is 0 Å². The lowest BCUT2D eigenvalue weighted by atomic mass is 10.1. The van der Waals surface area contributed by atoms with Crippen molar-refractivity contribution in [2.75, 3.05) is 12.9 Å². The van der Waals surface area contributed by atoms with Crippen molar-refractivity contribution in [1.82, 2.24) is 9.78 Å². The Kier molecular flexibility index (Phi) is 6.12. The number of rotatable bonds is 7. The molecule has 2 aromatic carbocycles. The number of aliphatic hydroxyl groups excluding tert-OH is 1. The molecule has 8 heteroatoms. The number of ketones is 1. The monoisotopic (exact) mass is 462 g/mol. The van der Waals surface area contributed by atoms with Gasteiger partial charge in [-0.05, 0) is 42.5 Å². The molecule has 28 heavy (non-hydrogen) atoms. The summed E-state index contributed by atoms with van der Waals surface area (Å²) in [6.07, 6.45) is 1.38. The van der Waals surface area contributed by atoms with Crippen molar-refractivity contribution >= 4 is 31.6 Å². The summed E-state index contributed by atoms with van der Waals surface area (Å²) in [6, 6.07) is 15.9. The number of aliphatic hydroxyl groups is 1. The predicted octanol–water partition coefficient (Wildman–Crippen LogP) is 3.20. The Morgan fingerprint density at radius 1 is 1.11 bits per heavy atom. The molecule has 0 unspecified atom stereocenters. The molecule has 0 bridgehead atoms. The van der Waals surface area contributed by atoms with Gasteiger partial charge in [0.15, 0.2) is 9.84 Å². The molecule has 0 aliphatic heterocycles. The number of nitrogens with zero attached hydrogens (tertiary/aromatic N) is 2. The maximum Gasteiger partial charge on any atom is 0.175 e. The zero-order valence-electron chi connectivity index (χ0n) is 15.2. The zero-order chi connectivity index (χ0) is 20.3. The maximum atomic E-state index is 11.9. The number of carbonyl (C=O) groups excluding carboxylic acids is 1. The van der Waals surface area contributed by atoms with Gasteiger partial charge < -0.3 is 5.11 Å². The molecule has 0 saturated carbocycles.